The Bertz CT molecular complexity index is 756. The Balaban J connectivity index is 2.21. The van der Waals surface area contributed by atoms with Crippen LogP contribution in [0.25, 0.3) is 0 Å². The maximum absolute atomic E-state index is 12.4. The van der Waals surface area contributed by atoms with Crippen molar-refractivity contribution in [3.05, 3.63) is 69.7 Å². The van der Waals surface area contributed by atoms with E-state index in [-0.39, 0.29) is 11.5 Å². The van der Waals surface area contributed by atoms with Gasteiger partial charge in [-0.1, -0.05) is 59.6 Å². The van der Waals surface area contributed by atoms with E-state index < -0.39 is 15.4 Å². The summed E-state index contributed by atoms with van der Waals surface area (Å²) in [5.41, 5.74) is -0.436. The number of hydrogen-bond acceptors (Lipinski definition) is 3. The third-order valence-corrected chi connectivity index (χ3v) is 5.63. The van der Waals surface area contributed by atoms with Gasteiger partial charge in [0, 0.05) is 10.0 Å². The van der Waals surface area contributed by atoms with Gasteiger partial charge in [0.25, 0.3) is 0 Å². The molecule has 0 saturated heterocycles. The van der Waals surface area contributed by atoms with Crippen LogP contribution in [-0.2, 0) is 21.2 Å². The molecule has 0 aromatic heterocycles. The number of sulfone groups is 1. The molecule has 1 N–H and O–H groups in total. The summed E-state index contributed by atoms with van der Waals surface area (Å²) in [6, 6.07) is 13.4. The summed E-state index contributed by atoms with van der Waals surface area (Å²) in [4.78, 5) is 0. The molecule has 118 valence electrons. The fourth-order valence-corrected chi connectivity index (χ4v) is 4.64. The summed E-state index contributed by atoms with van der Waals surface area (Å²) in [6.45, 7) is 1.49. The SMILES string of the molecule is C[C@](O)(CS(=O)(=O)Cc1ccc(Cl)cc1Cl)c1ccccc1. The fraction of sp³-hybridized carbons (Fsp3) is 0.250. The Labute approximate surface area is 140 Å². The Kier molecular flexibility index (Phi) is 5.17. The van der Waals surface area contributed by atoms with Crippen molar-refractivity contribution in [1.82, 2.24) is 0 Å². The molecule has 2 aromatic rings. The molecule has 0 fully saturated rings. The Morgan fingerprint density at radius 2 is 1.73 bits per heavy atom. The average Bonchev–Trinajstić information content (AvgIpc) is 2.42. The van der Waals surface area contributed by atoms with Crippen LogP contribution in [0.2, 0.25) is 10.0 Å². The van der Waals surface area contributed by atoms with Crippen molar-refractivity contribution in [2.24, 2.45) is 0 Å². The van der Waals surface area contributed by atoms with Gasteiger partial charge in [-0.15, -0.1) is 0 Å². The molecule has 2 rings (SSSR count). The lowest BCUT2D eigenvalue weighted by Crippen LogP contribution is -2.31. The third kappa shape index (κ3) is 4.46. The van der Waals surface area contributed by atoms with E-state index in [1.807, 2.05) is 6.07 Å². The van der Waals surface area contributed by atoms with E-state index in [1.54, 1.807) is 36.4 Å². The lowest BCUT2D eigenvalue weighted by molar-refractivity contribution is 0.0819. The molecule has 6 heteroatoms. The maximum atomic E-state index is 12.4. The van der Waals surface area contributed by atoms with Crippen molar-refractivity contribution in [3.63, 3.8) is 0 Å². The number of aliphatic hydroxyl groups is 1. The van der Waals surface area contributed by atoms with Crippen molar-refractivity contribution in [2.45, 2.75) is 18.3 Å². The molecule has 3 nitrogen and oxygen atoms in total. The predicted molar refractivity (Wildman–Crippen MR) is 90.0 cm³/mol. The maximum Gasteiger partial charge on any atom is 0.157 e. The minimum Gasteiger partial charge on any atom is -0.384 e. The zero-order chi connectivity index (χ0) is 16.4. The molecule has 1 atom stereocenters. The molecule has 0 spiro atoms. The monoisotopic (exact) mass is 358 g/mol. The molecule has 0 amide bonds. The predicted octanol–water partition coefficient (Wildman–Crippen LogP) is 3.82. The van der Waals surface area contributed by atoms with Crippen molar-refractivity contribution in [1.29, 1.82) is 0 Å². The first-order valence-electron chi connectivity index (χ1n) is 6.62. The topological polar surface area (TPSA) is 54.4 Å². The van der Waals surface area contributed by atoms with Crippen molar-refractivity contribution < 1.29 is 13.5 Å². The van der Waals surface area contributed by atoms with Crippen LogP contribution in [-0.4, -0.2) is 19.3 Å². The number of rotatable bonds is 5. The van der Waals surface area contributed by atoms with Crippen LogP contribution in [0, 0.1) is 0 Å². The van der Waals surface area contributed by atoms with Crippen LogP contribution in [0.5, 0.6) is 0 Å². The van der Waals surface area contributed by atoms with E-state index in [1.165, 1.54) is 13.0 Å². The highest BCUT2D eigenvalue weighted by atomic mass is 35.5. The Morgan fingerprint density at radius 1 is 1.09 bits per heavy atom. The van der Waals surface area contributed by atoms with E-state index in [0.29, 0.717) is 21.2 Å². The molecule has 2 aromatic carbocycles. The molecule has 0 saturated carbocycles. The number of benzene rings is 2. The summed E-state index contributed by atoms with van der Waals surface area (Å²) < 4.78 is 24.7. The van der Waals surface area contributed by atoms with Gasteiger partial charge in [0.1, 0.15) is 5.60 Å². The minimum absolute atomic E-state index is 0.244. The second kappa shape index (κ2) is 6.59. The minimum atomic E-state index is -3.55. The number of hydrogen-bond donors (Lipinski definition) is 1. The lowest BCUT2D eigenvalue weighted by Gasteiger charge is -2.23. The van der Waals surface area contributed by atoms with Gasteiger partial charge in [-0.2, -0.15) is 0 Å². The average molecular weight is 359 g/mol. The van der Waals surface area contributed by atoms with Crippen LogP contribution < -0.4 is 0 Å². The van der Waals surface area contributed by atoms with E-state index in [2.05, 4.69) is 0 Å². The molecular weight excluding hydrogens is 343 g/mol. The van der Waals surface area contributed by atoms with E-state index in [0.717, 1.165) is 0 Å². The van der Waals surface area contributed by atoms with Crippen LogP contribution in [0.3, 0.4) is 0 Å². The van der Waals surface area contributed by atoms with Gasteiger partial charge in [0.05, 0.1) is 11.5 Å². The smallest absolute Gasteiger partial charge is 0.157 e. The quantitative estimate of drug-likeness (QED) is 0.883. The van der Waals surface area contributed by atoms with Gasteiger partial charge < -0.3 is 5.11 Å². The molecule has 0 aliphatic rings. The van der Waals surface area contributed by atoms with E-state index in [9.17, 15) is 13.5 Å². The highest BCUT2D eigenvalue weighted by Crippen LogP contribution is 2.27. The molecule has 0 heterocycles. The largest absolute Gasteiger partial charge is 0.384 e. The highest BCUT2D eigenvalue weighted by molar-refractivity contribution is 7.90. The zero-order valence-corrected chi connectivity index (χ0v) is 14.3. The molecule has 22 heavy (non-hydrogen) atoms. The zero-order valence-electron chi connectivity index (χ0n) is 12.0. The highest BCUT2D eigenvalue weighted by Gasteiger charge is 2.30. The third-order valence-electron chi connectivity index (χ3n) is 3.29. The normalized spacial score (nSPS) is 14.5. The Morgan fingerprint density at radius 3 is 2.32 bits per heavy atom. The summed E-state index contributed by atoms with van der Waals surface area (Å²) in [5, 5.41) is 11.2. The van der Waals surface area contributed by atoms with Crippen LogP contribution in [0.1, 0.15) is 18.1 Å². The van der Waals surface area contributed by atoms with Crippen molar-refractivity contribution in [3.8, 4) is 0 Å². The summed E-state index contributed by atoms with van der Waals surface area (Å²) >= 11 is 11.8. The lowest BCUT2D eigenvalue weighted by atomic mass is 9.99. The summed E-state index contributed by atoms with van der Waals surface area (Å²) in [5.74, 6) is -0.630. The summed E-state index contributed by atoms with van der Waals surface area (Å²) in [7, 11) is -3.55. The first kappa shape index (κ1) is 17.3. The second-order valence-corrected chi connectivity index (χ2v) is 8.32. The molecule has 0 radical (unpaired) electrons. The van der Waals surface area contributed by atoms with Gasteiger partial charge in [0.2, 0.25) is 0 Å². The summed E-state index contributed by atoms with van der Waals surface area (Å²) in [6.07, 6.45) is 0. The first-order valence-corrected chi connectivity index (χ1v) is 9.20. The van der Waals surface area contributed by atoms with Gasteiger partial charge >= 0.3 is 0 Å². The van der Waals surface area contributed by atoms with Crippen molar-refractivity contribution in [2.75, 3.05) is 5.75 Å². The van der Waals surface area contributed by atoms with Gasteiger partial charge in [0.15, 0.2) is 9.84 Å². The van der Waals surface area contributed by atoms with E-state index >= 15 is 0 Å². The van der Waals surface area contributed by atoms with Crippen LogP contribution in [0.4, 0.5) is 0 Å². The molecule has 0 aliphatic carbocycles. The standard InChI is InChI=1S/C16H16Cl2O3S/c1-16(19,13-5-3-2-4-6-13)11-22(20,21)10-12-7-8-14(17)9-15(12)18/h2-9,19H,10-11H2,1H3/t16-/m0/s1. The van der Waals surface area contributed by atoms with Gasteiger partial charge in [-0.3, -0.25) is 0 Å². The number of halogens is 2. The van der Waals surface area contributed by atoms with Crippen LogP contribution in [0.15, 0.2) is 48.5 Å². The van der Waals surface area contributed by atoms with Gasteiger partial charge in [-0.05, 0) is 30.2 Å². The van der Waals surface area contributed by atoms with Gasteiger partial charge in [-0.25, -0.2) is 8.42 Å². The molecule has 0 bridgehead atoms. The molecule has 0 aliphatic heterocycles. The second-order valence-electron chi connectivity index (χ2n) is 5.41. The van der Waals surface area contributed by atoms with E-state index in [4.69, 9.17) is 23.2 Å². The van der Waals surface area contributed by atoms with Crippen LogP contribution >= 0.6 is 23.2 Å². The molecule has 0 unspecified atom stereocenters. The molecular formula is C16H16Cl2O3S. The fourth-order valence-electron chi connectivity index (χ4n) is 2.24. The first-order chi connectivity index (χ1) is 10.2. The van der Waals surface area contributed by atoms with Crippen molar-refractivity contribution >= 4 is 33.0 Å². The Hall–Kier alpha value is -1.07.